The molecule has 1 aliphatic rings. The predicted molar refractivity (Wildman–Crippen MR) is 144 cm³/mol. The fourth-order valence-electron chi connectivity index (χ4n) is 4.24. The van der Waals surface area contributed by atoms with E-state index in [-0.39, 0.29) is 28.9 Å². The van der Waals surface area contributed by atoms with Gasteiger partial charge in [-0.3, -0.25) is 4.72 Å². The third kappa shape index (κ3) is 6.04. The Morgan fingerprint density at radius 1 is 0.947 bits per heavy atom. The zero-order valence-corrected chi connectivity index (χ0v) is 22.4. The number of aliphatic hydroxyl groups excluding tert-OH is 1. The summed E-state index contributed by atoms with van der Waals surface area (Å²) in [5.41, 5.74) is 2.90. The van der Waals surface area contributed by atoms with Crippen molar-refractivity contribution in [3.63, 3.8) is 0 Å². The van der Waals surface area contributed by atoms with Crippen molar-refractivity contribution < 1.29 is 23.0 Å². The maximum absolute atomic E-state index is 12.7. The van der Waals surface area contributed by atoms with E-state index >= 15 is 0 Å². The molecule has 198 valence electrons. The van der Waals surface area contributed by atoms with Gasteiger partial charge in [-0.1, -0.05) is 77.8 Å². The average molecular weight is 574 g/mol. The van der Waals surface area contributed by atoms with Crippen LogP contribution in [0.2, 0.25) is 10.3 Å². The quantitative estimate of drug-likeness (QED) is 0.279. The fourth-order valence-corrected chi connectivity index (χ4v) is 5.64. The van der Waals surface area contributed by atoms with E-state index in [0.29, 0.717) is 23.8 Å². The van der Waals surface area contributed by atoms with Crippen molar-refractivity contribution in [3.05, 3.63) is 112 Å². The number of benzene rings is 3. The largest absolute Gasteiger partial charge is 0.392 e. The number of nitrogens with zero attached hydrogens (tertiary/aromatic N) is 2. The molecular formula is C27H25Cl2N3O5S. The highest BCUT2D eigenvalue weighted by molar-refractivity contribution is 7.92. The molecule has 11 heteroatoms. The van der Waals surface area contributed by atoms with Crippen molar-refractivity contribution in [3.8, 4) is 0 Å². The van der Waals surface area contributed by atoms with E-state index in [2.05, 4.69) is 9.71 Å². The first-order valence-electron chi connectivity index (χ1n) is 11.9. The van der Waals surface area contributed by atoms with Crippen LogP contribution in [-0.4, -0.2) is 29.2 Å². The lowest BCUT2D eigenvalue weighted by Crippen LogP contribution is -2.32. The lowest BCUT2D eigenvalue weighted by atomic mass is 10.00. The van der Waals surface area contributed by atoms with Crippen molar-refractivity contribution in [1.29, 1.82) is 0 Å². The highest BCUT2D eigenvalue weighted by Crippen LogP contribution is 2.39. The number of aliphatic hydroxyl groups is 1. The number of anilines is 1. The molecule has 2 N–H and O–H groups in total. The maximum Gasteiger partial charge on any atom is 0.261 e. The third-order valence-electron chi connectivity index (χ3n) is 6.24. The summed E-state index contributed by atoms with van der Waals surface area (Å²) in [5.74, 6) is 0. The zero-order chi connectivity index (χ0) is 26.7. The SMILES string of the molecule is O=S(=O)(Nc1ccc([C@@H]2O[C@H](Cn3cnc(Cl)c3Cl)C[C@H](c3ccc(CO)cc3)O2)cc1)c1ccccc1. The van der Waals surface area contributed by atoms with Gasteiger partial charge in [-0.05, 0) is 35.4 Å². The summed E-state index contributed by atoms with van der Waals surface area (Å²) in [6, 6.07) is 22.6. The third-order valence-corrected chi connectivity index (χ3v) is 8.40. The van der Waals surface area contributed by atoms with Crippen LogP contribution in [0.5, 0.6) is 0 Å². The number of aromatic nitrogens is 2. The molecule has 0 radical (unpaired) electrons. The number of hydrogen-bond donors (Lipinski definition) is 2. The van der Waals surface area contributed by atoms with Crippen LogP contribution in [0, 0.1) is 0 Å². The first-order chi connectivity index (χ1) is 18.3. The molecule has 1 fully saturated rings. The number of nitrogens with one attached hydrogen (secondary N) is 1. The standard InChI is InChI=1S/C27H25Cl2N3O5S/c28-25-26(29)32(17-30-25)15-22-14-24(19-8-6-18(16-33)7-9-19)37-27(36-22)20-10-12-21(13-11-20)31-38(34,35)23-4-2-1-3-5-23/h1-13,17,22,24,27,31,33H,14-16H2/t22-,24+,27+/m0/s1. The molecule has 1 aromatic heterocycles. The summed E-state index contributed by atoms with van der Waals surface area (Å²) in [6.45, 7) is 0.374. The van der Waals surface area contributed by atoms with E-state index in [1.54, 1.807) is 53.4 Å². The summed E-state index contributed by atoms with van der Waals surface area (Å²) in [5, 5.41) is 9.95. The van der Waals surface area contributed by atoms with Crippen molar-refractivity contribution in [2.24, 2.45) is 0 Å². The van der Waals surface area contributed by atoms with Gasteiger partial charge in [-0.25, -0.2) is 13.4 Å². The molecule has 0 saturated carbocycles. The van der Waals surface area contributed by atoms with Crippen LogP contribution in [-0.2, 0) is 32.6 Å². The Labute approximate surface area is 230 Å². The van der Waals surface area contributed by atoms with E-state index in [1.807, 2.05) is 24.3 Å². The molecule has 2 heterocycles. The maximum atomic E-state index is 12.7. The Morgan fingerprint density at radius 2 is 1.63 bits per heavy atom. The van der Waals surface area contributed by atoms with E-state index in [9.17, 15) is 13.5 Å². The van der Waals surface area contributed by atoms with E-state index < -0.39 is 16.3 Å². The van der Waals surface area contributed by atoms with Gasteiger partial charge in [0.1, 0.15) is 5.15 Å². The molecule has 0 aliphatic carbocycles. The van der Waals surface area contributed by atoms with Crippen molar-refractivity contribution in [1.82, 2.24) is 9.55 Å². The minimum atomic E-state index is -3.71. The molecule has 0 bridgehead atoms. The van der Waals surface area contributed by atoms with Crippen LogP contribution < -0.4 is 4.72 Å². The van der Waals surface area contributed by atoms with E-state index in [1.165, 1.54) is 12.1 Å². The molecule has 0 spiro atoms. The van der Waals surface area contributed by atoms with E-state index in [4.69, 9.17) is 32.7 Å². The van der Waals surface area contributed by atoms with Gasteiger partial charge in [0.25, 0.3) is 10.0 Å². The predicted octanol–water partition coefficient (Wildman–Crippen LogP) is 5.73. The van der Waals surface area contributed by atoms with Gasteiger partial charge in [0.05, 0.1) is 36.6 Å². The summed E-state index contributed by atoms with van der Waals surface area (Å²) >= 11 is 12.3. The van der Waals surface area contributed by atoms with Gasteiger partial charge >= 0.3 is 0 Å². The normalized spacial score (nSPS) is 19.8. The monoisotopic (exact) mass is 573 g/mol. The molecule has 8 nitrogen and oxygen atoms in total. The van der Waals surface area contributed by atoms with Gasteiger partial charge < -0.3 is 19.1 Å². The van der Waals surface area contributed by atoms with Crippen LogP contribution in [0.25, 0.3) is 0 Å². The molecular weight excluding hydrogens is 549 g/mol. The number of rotatable bonds is 8. The zero-order valence-electron chi connectivity index (χ0n) is 20.1. The van der Waals surface area contributed by atoms with Crippen LogP contribution in [0.4, 0.5) is 5.69 Å². The second-order valence-corrected chi connectivity index (χ2v) is 11.3. The van der Waals surface area contributed by atoms with Crippen LogP contribution in [0.1, 0.15) is 35.5 Å². The van der Waals surface area contributed by atoms with Gasteiger partial charge in [0.15, 0.2) is 11.4 Å². The number of hydrogen-bond acceptors (Lipinski definition) is 6. The lowest BCUT2D eigenvalue weighted by molar-refractivity contribution is -0.252. The molecule has 0 amide bonds. The lowest BCUT2D eigenvalue weighted by Gasteiger charge is -2.36. The highest BCUT2D eigenvalue weighted by atomic mass is 35.5. The van der Waals surface area contributed by atoms with Gasteiger partial charge in [0, 0.05) is 17.7 Å². The molecule has 1 saturated heterocycles. The number of imidazole rings is 1. The minimum absolute atomic E-state index is 0.0412. The molecule has 4 aromatic rings. The van der Waals surface area contributed by atoms with Crippen molar-refractivity contribution in [2.75, 3.05) is 4.72 Å². The van der Waals surface area contributed by atoms with Crippen molar-refractivity contribution in [2.45, 2.75) is 43.0 Å². The Balaban J connectivity index is 1.37. The molecule has 1 aliphatic heterocycles. The van der Waals surface area contributed by atoms with Gasteiger partial charge in [-0.2, -0.15) is 0 Å². The Hall–Kier alpha value is -2.92. The molecule has 0 unspecified atom stereocenters. The molecule has 5 rings (SSSR count). The summed E-state index contributed by atoms with van der Waals surface area (Å²) in [7, 11) is -3.71. The van der Waals surface area contributed by atoms with Crippen LogP contribution in [0.3, 0.4) is 0 Å². The molecule has 3 aromatic carbocycles. The highest BCUT2D eigenvalue weighted by Gasteiger charge is 2.33. The number of ether oxygens (including phenoxy) is 2. The topological polar surface area (TPSA) is 103 Å². The summed E-state index contributed by atoms with van der Waals surface area (Å²) in [6.07, 6.45) is 0.831. The smallest absolute Gasteiger partial charge is 0.261 e. The van der Waals surface area contributed by atoms with Crippen LogP contribution in [0.15, 0.2) is 90.1 Å². The summed E-state index contributed by atoms with van der Waals surface area (Å²) in [4.78, 5) is 4.23. The number of halogens is 2. The first kappa shape index (κ1) is 26.7. The fraction of sp³-hybridized carbons (Fsp3) is 0.222. The molecule has 3 atom stereocenters. The van der Waals surface area contributed by atoms with Gasteiger partial charge in [-0.15, -0.1) is 0 Å². The second-order valence-electron chi connectivity index (χ2n) is 8.87. The van der Waals surface area contributed by atoms with Crippen LogP contribution >= 0.6 is 23.2 Å². The number of sulfonamides is 1. The molecule has 38 heavy (non-hydrogen) atoms. The minimum Gasteiger partial charge on any atom is -0.392 e. The average Bonchev–Trinajstić information content (AvgIpc) is 3.26. The second kappa shape index (κ2) is 11.4. The Kier molecular flexibility index (Phi) is 8.04. The summed E-state index contributed by atoms with van der Waals surface area (Å²) < 4.78 is 42.3. The Bertz CT molecular complexity index is 1480. The first-order valence-corrected chi connectivity index (χ1v) is 14.1. The van der Waals surface area contributed by atoms with E-state index in [0.717, 1.165) is 16.7 Å². The van der Waals surface area contributed by atoms with Crippen molar-refractivity contribution >= 4 is 38.9 Å². The van der Waals surface area contributed by atoms with Gasteiger partial charge in [0.2, 0.25) is 0 Å². The Morgan fingerprint density at radius 3 is 2.26 bits per heavy atom.